The Balaban J connectivity index is 0.00000272. The molecule has 1 aromatic heterocycles. The van der Waals surface area contributed by atoms with Gasteiger partial charge in [-0.2, -0.15) is 0 Å². The SMILES string of the molecule is COCCN1CCc2c(cccc2-n2nnc(C(=O)Nc3ccccc3F)c2C)C1.Cl. The second-order valence-corrected chi connectivity index (χ2v) is 7.30. The number of ether oxygens (including phenoxy) is 1. The summed E-state index contributed by atoms with van der Waals surface area (Å²) < 4.78 is 20.8. The van der Waals surface area contributed by atoms with E-state index in [1.54, 1.807) is 30.8 Å². The fraction of sp³-hybridized carbons (Fsp3) is 0.318. The van der Waals surface area contributed by atoms with Crippen LogP contribution in [-0.2, 0) is 17.7 Å². The number of hydrogen-bond acceptors (Lipinski definition) is 5. The van der Waals surface area contributed by atoms with Gasteiger partial charge in [-0.1, -0.05) is 29.5 Å². The third kappa shape index (κ3) is 4.76. The first-order chi connectivity index (χ1) is 14.6. The highest BCUT2D eigenvalue weighted by atomic mass is 35.5. The molecule has 0 atom stereocenters. The fourth-order valence-electron chi connectivity index (χ4n) is 3.77. The van der Waals surface area contributed by atoms with Gasteiger partial charge in [-0.15, -0.1) is 17.5 Å². The van der Waals surface area contributed by atoms with E-state index in [2.05, 4.69) is 26.6 Å². The minimum Gasteiger partial charge on any atom is -0.383 e. The molecule has 164 valence electrons. The van der Waals surface area contributed by atoms with Gasteiger partial charge in [0.1, 0.15) is 5.82 Å². The van der Waals surface area contributed by atoms with Crippen molar-refractivity contribution in [1.82, 2.24) is 19.9 Å². The first-order valence-electron chi connectivity index (χ1n) is 9.89. The molecule has 9 heteroatoms. The third-order valence-corrected chi connectivity index (χ3v) is 5.39. The minimum atomic E-state index is -0.494. The molecule has 0 bridgehead atoms. The van der Waals surface area contributed by atoms with E-state index in [9.17, 15) is 9.18 Å². The van der Waals surface area contributed by atoms with Crippen LogP contribution in [0.2, 0.25) is 0 Å². The summed E-state index contributed by atoms with van der Waals surface area (Å²) in [5, 5.41) is 10.9. The van der Waals surface area contributed by atoms with Gasteiger partial charge >= 0.3 is 0 Å². The van der Waals surface area contributed by atoms with Crippen molar-refractivity contribution in [1.29, 1.82) is 0 Å². The summed E-state index contributed by atoms with van der Waals surface area (Å²) in [4.78, 5) is 15.0. The highest BCUT2D eigenvalue weighted by molar-refractivity contribution is 6.03. The zero-order chi connectivity index (χ0) is 21.1. The topological polar surface area (TPSA) is 72.3 Å². The van der Waals surface area contributed by atoms with Gasteiger partial charge in [0.2, 0.25) is 0 Å². The summed E-state index contributed by atoms with van der Waals surface area (Å²) in [5.74, 6) is -0.981. The van der Waals surface area contributed by atoms with Gasteiger partial charge < -0.3 is 10.1 Å². The van der Waals surface area contributed by atoms with Crippen molar-refractivity contribution in [3.05, 3.63) is 70.8 Å². The van der Waals surface area contributed by atoms with E-state index < -0.39 is 11.7 Å². The van der Waals surface area contributed by atoms with E-state index in [-0.39, 0.29) is 23.8 Å². The number of nitrogens with one attached hydrogen (secondary N) is 1. The van der Waals surface area contributed by atoms with E-state index in [1.165, 1.54) is 23.3 Å². The molecule has 1 aliphatic heterocycles. The van der Waals surface area contributed by atoms with E-state index in [0.717, 1.165) is 31.7 Å². The number of anilines is 1. The first kappa shape index (κ1) is 22.9. The number of carbonyl (C=O) groups is 1. The van der Waals surface area contributed by atoms with Crippen LogP contribution < -0.4 is 5.32 Å². The summed E-state index contributed by atoms with van der Waals surface area (Å²) in [6.45, 7) is 5.17. The summed E-state index contributed by atoms with van der Waals surface area (Å²) in [6.07, 6.45) is 0.880. The molecule has 0 aliphatic carbocycles. The number of carbonyl (C=O) groups excluding carboxylic acids is 1. The second kappa shape index (κ2) is 10.00. The minimum absolute atomic E-state index is 0. The third-order valence-electron chi connectivity index (χ3n) is 5.39. The number of rotatable bonds is 6. The van der Waals surface area contributed by atoms with Crippen LogP contribution in [0.5, 0.6) is 0 Å². The van der Waals surface area contributed by atoms with Crippen molar-refractivity contribution in [3.8, 4) is 5.69 Å². The number of amides is 1. The molecule has 7 nitrogen and oxygen atoms in total. The van der Waals surface area contributed by atoms with Crippen LogP contribution in [0.4, 0.5) is 10.1 Å². The lowest BCUT2D eigenvalue weighted by Gasteiger charge is -2.29. The Morgan fingerprint density at radius 2 is 2.03 bits per heavy atom. The van der Waals surface area contributed by atoms with Crippen LogP contribution in [0.1, 0.15) is 27.3 Å². The highest BCUT2D eigenvalue weighted by Gasteiger charge is 2.23. The number of benzene rings is 2. The Morgan fingerprint density at radius 3 is 2.81 bits per heavy atom. The van der Waals surface area contributed by atoms with E-state index in [1.807, 2.05) is 12.1 Å². The van der Waals surface area contributed by atoms with Gasteiger partial charge in [0.25, 0.3) is 5.91 Å². The zero-order valence-electron chi connectivity index (χ0n) is 17.5. The zero-order valence-corrected chi connectivity index (χ0v) is 18.3. The lowest BCUT2D eigenvalue weighted by Crippen LogP contribution is -2.33. The van der Waals surface area contributed by atoms with Crippen LogP contribution in [0.15, 0.2) is 42.5 Å². The number of methoxy groups -OCH3 is 1. The Morgan fingerprint density at radius 1 is 1.23 bits per heavy atom. The van der Waals surface area contributed by atoms with Crippen LogP contribution in [-0.4, -0.2) is 52.6 Å². The summed E-state index contributed by atoms with van der Waals surface area (Å²) in [6, 6.07) is 12.1. The number of aromatic nitrogens is 3. The van der Waals surface area contributed by atoms with Crippen molar-refractivity contribution < 1.29 is 13.9 Å². The van der Waals surface area contributed by atoms with Gasteiger partial charge in [-0.05, 0) is 42.7 Å². The lowest BCUT2D eigenvalue weighted by molar-refractivity contribution is 0.102. The van der Waals surface area contributed by atoms with Crippen molar-refractivity contribution in [2.45, 2.75) is 19.9 Å². The molecule has 3 aromatic rings. The molecule has 0 radical (unpaired) electrons. The molecule has 1 amide bonds. The van der Waals surface area contributed by atoms with Crippen molar-refractivity contribution in [2.75, 3.05) is 32.1 Å². The van der Waals surface area contributed by atoms with Gasteiger partial charge in [0, 0.05) is 26.7 Å². The quantitative estimate of drug-likeness (QED) is 0.629. The van der Waals surface area contributed by atoms with Crippen molar-refractivity contribution >= 4 is 24.0 Å². The monoisotopic (exact) mass is 445 g/mol. The van der Waals surface area contributed by atoms with E-state index >= 15 is 0 Å². The Kier molecular flexibility index (Phi) is 7.37. The Labute approximate surface area is 186 Å². The largest absolute Gasteiger partial charge is 0.383 e. The number of fused-ring (bicyclic) bond motifs is 1. The molecule has 4 rings (SSSR count). The van der Waals surface area contributed by atoms with Crippen LogP contribution in [0.3, 0.4) is 0 Å². The molecule has 1 N–H and O–H groups in total. The second-order valence-electron chi connectivity index (χ2n) is 7.30. The Bertz CT molecular complexity index is 1070. The van der Waals surface area contributed by atoms with Gasteiger partial charge in [0.15, 0.2) is 5.69 Å². The normalized spacial score (nSPS) is 13.4. The highest BCUT2D eigenvalue weighted by Crippen LogP contribution is 2.26. The average Bonchev–Trinajstić information content (AvgIpc) is 3.14. The Hall–Kier alpha value is -2.81. The molecular weight excluding hydrogens is 421 g/mol. The van der Waals surface area contributed by atoms with Gasteiger partial charge in [-0.25, -0.2) is 9.07 Å². The first-order valence-corrected chi connectivity index (χ1v) is 9.89. The summed E-state index contributed by atoms with van der Waals surface area (Å²) in [5.41, 5.74) is 4.27. The molecule has 2 aromatic carbocycles. The number of nitrogens with zero attached hydrogens (tertiary/aromatic N) is 4. The molecule has 1 aliphatic rings. The van der Waals surface area contributed by atoms with Gasteiger partial charge in [0.05, 0.1) is 23.7 Å². The smallest absolute Gasteiger partial charge is 0.278 e. The summed E-state index contributed by atoms with van der Waals surface area (Å²) in [7, 11) is 1.71. The molecule has 2 heterocycles. The standard InChI is InChI=1S/C22H24FN5O2.ClH/c1-15-21(22(29)24-19-8-4-3-7-18(19)23)25-26-28(15)20-9-5-6-16-14-27(12-13-30-2)11-10-17(16)20;/h3-9H,10-14H2,1-2H3,(H,24,29);1H. The van der Waals surface area contributed by atoms with E-state index in [0.29, 0.717) is 12.3 Å². The maximum atomic E-state index is 13.9. The predicted molar refractivity (Wildman–Crippen MR) is 119 cm³/mol. The van der Waals surface area contributed by atoms with Gasteiger partial charge in [-0.3, -0.25) is 9.69 Å². The summed E-state index contributed by atoms with van der Waals surface area (Å²) >= 11 is 0. The van der Waals surface area contributed by atoms with Crippen LogP contribution in [0, 0.1) is 12.7 Å². The maximum absolute atomic E-state index is 13.9. The molecule has 31 heavy (non-hydrogen) atoms. The molecule has 0 saturated carbocycles. The number of hydrogen-bond donors (Lipinski definition) is 1. The molecule has 0 fully saturated rings. The fourth-order valence-corrected chi connectivity index (χ4v) is 3.77. The predicted octanol–water partition coefficient (Wildman–Crippen LogP) is 3.39. The van der Waals surface area contributed by atoms with Crippen molar-refractivity contribution in [3.63, 3.8) is 0 Å². The molecule has 0 spiro atoms. The number of para-hydroxylation sites is 1. The average molecular weight is 446 g/mol. The van der Waals surface area contributed by atoms with Crippen molar-refractivity contribution in [2.24, 2.45) is 0 Å². The molecular formula is C22H25ClFN5O2. The lowest BCUT2D eigenvalue weighted by atomic mass is 9.97. The van der Waals surface area contributed by atoms with Crippen LogP contribution in [0.25, 0.3) is 5.69 Å². The molecule has 0 unspecified atom stereocenters. The maximum Gasteiger partial charge on any atom is 0.278 e. The molecule has 0 saturated heterocycles. The number of halogens is 2. The van der Waals surface area contributed by atoms with E-state index in [4.69, 9.17) is 4.74 Å². The van der Waals surface area contributed by atoms with Crippen LogP contribution >= 0.6 is 12.4 Å².